The smallest absolute Gasteiger partial charge is 0.255 e. The zero-order chi connectivity index (χ0) is 17.1. The van der Waals surface area contributed by atoms with Gasteiger partial charge in [0.25, 0.3) is 5.91 Å². The molecule has 0 aliphatic rings. The van der Waals surface area contributed by atoms with E-state index >= 15 is 0 Å². The van der Waals surface area contributed by atoms with Crippen molar-refractivity contribution in [3.63, 3.8) is 0 Å². The van der Waals surface area contributed by atoms with Crippen LogP contribution in [-0.2, 0) is 13.1 Å². The first-order valence-electron chi connectivity index (χ1n) is 7.50. The fourth-order valence-electron chi connectivity index (χ4n) is 2.58. The van der Waals surface area contributed by atoms with E-state index in [0.717, 1.165) is 28.4 Å². The van der Waals surface area contributed by atoms with Crippen molar-refractivity contribution in [2.24, 2.45) is 0 Å². The molecule has 1 aromatic heterocycles. The normalized spacial score (nSPS) is 10.9. The molecule has 1 heterocycles. The highest BCUT2D eigenvalue weighted by Gasteiger charge is 2.19. The van der Waals surface area contributed by atoms with Gasteiger partial charge in [-0.2, -0.15) is 5.10 Å². The maximum Gasteiger partial charge on any atom is 0.255 e. The molecule has 0 aliphatic heterocycles. The summed E-state index contributed by atoms with van der Waals surface area (Å²) in [5.41, 5.74) is 3.71. The Morgan fingerprint density at radius 1 is 1.39 bits per heavy atom. The quantitative estimate of drug-likeness (QED) is 0.759. The highest BCUT2D eigenvalue weighted by Crippen LogP contribution is 2.25. The molecule has 0 bridgehead atoms. The first-order valence-corrected chi connectivity index (χ1v) is 9.11. The van der Waals surface area contributed by atoms with Crippen molar-refractivity contribution in [1.82, 2.24) is 14.7 Å². The monoisotopic (exact) mass is 351 g/mol. The van der Waals surface area contributed by atoms with Gasteiger partial charge in [0.15, 0.2) is 0 Å². The fraction of sp³-hybridized carbons (Fsp3) is 0.412. The van der Waals surface area contributed by atoms with Crippen molar-refractivity contribution in [3.8, 4) is 0 Å². The summed E-state index contributed by atoms with van der Waals surface area (Å²) in [5, 5.41) is 4.99. The van der Waals surface area contributed by atoms with Crippen LogP contribution in [0.4, 0.5) is 0 Å². The lowest BCUT2D eigenvalue weighted by molar-refractivity contribution is 0.0784. The lowest BCUT2D eigenvalue weighted by Crippen LogP contribution is -2.27. The molecule has 0 saturated heterocycles. The average molecular weight is 352 g/mol. The number of benzene rings is 1. The second-order valence-corrected chi connectivity index (χ2v) is 6.76. The Labute approximate surface area is 146 Å². The van der Waals surface area contributed by atoms with Crippen molar-refractivity contribution in [3.05, 3.63) is 45.7 Å². The van der Waals surface area contributed by atoms with Gasteiger partial charge in [0.05, 0.1) is 16.3 Å². The molecule has 0 atom stereocenters. The predicted octanol–water partition coefficient (Wildman–Crippen LogP) is 4.17. The fourth-order valence-corrected chi connectivity index (χ4v) is 3.22. The minimum absolute atomic E-state index is 0.0750. The number of hydrogen-bond acceptors (Lipinski definition) is 3. The van der Waals surface area contributed by atoms with Crippen molar-refractivity contribution in [2.45, 2.75) is 38.8 Å². The number of hydrogen-bond donors (Lipinski definition) is 0. The molecule has 0 aliphatic carbocycles. The van der Waals surface area contributed by atoms with Crippen LogP contribution in [0.15, 0.2) is 23.1 Å². The molecule has 1 aromatic carbocycles. The van der Waals surface area contributed by atoms with Gasteiger partial charge in [-0.1, -0.05) is 11.6 Å². The Morgan fingerprint density at radius 3 is 2.65 bits per heavy atom. The van der Waals surface area contributed by atoms with Gasteiger partial charge in [-0.15, -0.1) is 11.8 Å². The summed E-state index contributed by atoms with van der Waals surface area (Å²) >= 11 is 7.80. The lowest BCUT2D eigenvalue weighted by atomic mass is 10.1. The standard InChI is InChI=1S/C17H22ClN3OS/c1-6-21-12(3)15(11(2)19-21)10-20(4)17(22)14-9-13(23-5)7-8-16(14)18/h7-9H,6,10H2,1-5H3. The van der Waals surface area contributed by atoms with Crippen LogP contribution in [0.2, 0.25) is 5.02 Å². The van der Waals surface area contributed by atoms with Crippen molar-refractivity contribution < 1.29 is 4.79 Å². The zero-order valence-corrected chi connectivity index (χ0v) is 15.8. The second-order valence-electron chi connectivity index (χ2n) is 5.47. The molecule has 124 valence electrons. The Kier molecular flexibility index (Phi) is 5.76. The van der Waals surface area contributed by atoms with Crippen LogP contribution in [0.5, 0.6) is 0 Å². The number of thioether (sulfide) groups is 1. The van der Waals surface area contributed by atoms with Crippen LogP contribution in [0.1, 0.15) is 34.2 Å². The molecule has 1 amide bonds. The summed E-state index contributed by atoms with van der Waals surface area (Å²) in [6, 6.07) is 5.55. The summed E-state index contributed by atoms with van der Waals surface area (Å²) in [6.45, 7) is 7.43. The van der Waals surface area contributed by atoms with E-state index in [-0.39, 0.29) is 5.91 Å². The van der Waals surface area contributed by atoms with E-state index in [1.807, 2.05) is 36.9 Å². The SMILES string of the molecule is CCn1nc(C)c(CN(C)C(=O)c2cc(SC)ccc2Cl)c1C. The van der Waals surface area contributed by atoms with Gasteiger partial charge >= 0.3 is 0 Å². The number of aryl methyl sites for hydroxylation is 2. The third-order valence-electron chi connectivity index (χ3n) is 3.98. The molecular formula is C17H22ClN3OS. The molecule has 0 spiro atoms. The van der Waals surface area contributed by atoms with Crippen LogP contribution in [0.25, 0.3) is 0 Å². The van der Waals surface area contributed by atoms with E-state index < -0.39 is 0 Å². The Balaban J connectivity index is 2.26. The van der Waals surface area contributed by atoms with Gasteiger partial charge in [0.2, 0.25) is 0 Å². The van der Waals surface area contributed by atoms with Crippen molar-refractivity contribution in [1.29, 1.82) is 0 Å². The van der Waals surface area contributed by atoms with Gasteiger partial charge in [-0.25, -0.2) is 0 Å². The lowest BCUT2D eigenvalue weighted by Gasteiger charge is -2.19. The van der Waals surface area contributed by atoms with E-state index in [1.165, 1.54) is 0 Å². The summed E-state index contributed by atoms with van der Waals surface area (Å²) < 4.78 is 1.96. The van der Waals surface area contributed by atoms with Gasteiger partial charge in [-0.3, -0.25) is 9.48 Å². The summed E-state index contributed by atoms with van der Waals surface area (Å²) in [7, 11) is 1.80. The molecule has 2 aromatic rings. The van der Waals surface area contributed by atoms with E-state index in [0.29, 0.717) is 17.1 Å². The van der Waals surface area contributed by atoms with Crippen molar-refractivity contribution >= 4 is 29.3 Å². The van der Waals surface area contributed by atoms with Gasteiger partial charge in [0.1, 0.15) is 0 Å². The molecule has 0 N–H and O–H groups in total. The third kappa shape index (κ3) is 3.72. The summed E-state index contributed by atoms with van der Waals surface area (Å²) in [6.07, 6.45) is 1.98. The minimum Gasteiger partial charge on any atom is -0.337 e. The molecule has 23 heavy (non-hydrogen) atoms. The minimum atomic E-state index is -0.0750. The molecule has 0 radical (unpaired) electrons. The Bertz CT molecular complexity index is 727. The predicted molar refractivity (Wildman–Crippen MR) is 96.4 cm³/mol. The molecular weight excluding hydrogens is 330 g/mol. The second kappa shape index (κ2) is 7.41. The van der Waals surface area contributed by atoms with Crippen LogP contribution in [-0.4, -0.2) is 33.9 Å². The Hall–Kier alpha value is -1.46. The number of carbonyl (C=O) groups excluding carboxylic acids is 1. The molecule has 2 rings (SSSR count). The van der Waals surface area contributed by atoms with Gasteiger partial charge in [-0.05, 0) is 45.2 Å². The van der Waals surface area contributed by atoms with Gasteiger partial charge in [0, 0.05) is 36.3 Å². The van der Waals surface area contributed by atoms with E-state index in [9.17, 15) is 4.79 Å². The molecule has 4 nitrogen and oxygen atoms in total. The molecule has 0 saturated carbocycles. The van der Waals surface area contributed by atoms with Crippen LogP contribution in [0.3, 0.4) is 0 Å². The number of aromatic nitrogens is 2. The highest BCUT2D eigenvalue weighted by molar-refractivity contribution is 7.98. The van der Waals surface area contributed by atoms with Crippen molar-refractivity contribution in [2.75, 3.05) is 13.3 Å². The number of halogens is 1. The maximum absolute atomic E-state index is 12.7. The molecule has 6 heteroatoms. The van der Waals surface area contributed by atoms with Crippen LogP contribution in [0, 0.1) is 13.8 Å². The number of rotatable bonds is 5. The topological polar surface area (TPSA) is 38.1 Å². The first kappa shape index (κ1) is 17.9. The van der Waals surface area contributed by atoms with E-state index in [1.54, 1.807) is 29.8 Å². The highest BCUT2D eigenvalue weighted by atomic mass is 35.5. The Morgan fingerprint density at radius 2 is 2.09 bits per heavy atom. The average Bonchev–Trinajstić information content (AvgIpc) is 2.82. The van der Waals surface area contributed by atoms with Crippen LogP contribution >= 0.6 is 23.4 Å². The maximum atomic E-state index is 12.7. The largest absolute Gasteiger partial charge is 0.337 e. The molecule has 0 fully saturated rings. The number of nitrogens with zero attached hydrogens (tertiary/aromatic N) is 3. The van der Waals surface area contributed by atoms with E-state index in [4.69, 9.17) is 11.6 Å². The van der Waals surface area contributed by atoms with Crippen LogP contribution < -0.4 is 0 Å². The van der Waals surface area contributed by atoms with E-state index in [2.05, 4.69) is 12.0 Å². The molecule has 0 unspecified atom stereocenters. The summed E-state index contributed by atoms with van der Waals surface area (Å²) in [4.78, 5) is 15.5. The summed E-state index contributed by atoms with van der Waals surface area (Å²) in [5.74, 6) is -0.0750. The zero-order valence-electron chi connectivity index (χ0n) is 14.2. The van der Waals surface area contributed by atoms with Gasteiger partial charge < -0.3 is 4.90 Å². The number of amides is 1. The number of carbonyl (C=O) groups is 1. The first-order chi connectivity index (χ1) is 10.9. The third-order valence-corrected chi connectivity index (χ3v) is 5.03.